The van der Waals surface area contributed by atoms with Gasteiger partial charge in [-0.2, -0.15) is 0 Å². The van der Waals surface area contributed by atoms with Crippen LogP contribution in [0.25, 0.3) is 0 Å². The maximum Gasteiger partial charge on any atom is 0.408 e. The number of nitrogens with one attached hydrogen (secondary N) is 2. The van der Waals surface area contributed by atoms with E-state index in [1.54, 1.807) is 50.8 Å². The summed E-state index contributed by atoms with van der Waals surface area (Å²) in [6.07, 6.45) is 0.955. The van der Waals surface area contributed by atoms with E-state index in [1.807, 2.05) is 51.1 Å². The third-order valence-corrected chi connectivity index (χ3v) is 6.05. The fourth-order valence-electron chi connectivity index (χ4n) is 4.31. The van der Waals surface area contributed by atoms with E-state index in [0.717, 1.165) is 18.4 Å². The van der Waals surface area contributed by atoms with Crippen molar-refractivity contribution in [3.8, 4) is 5.75 Å². The highest BCUT2D eigenvalue weighted by atomic mass is 16.6. The van der Waals surface area contributed by atoms with Gasteiger partial charge in [0.25, 0.3) is 0 Å². The first-order valence-corrected chi connectivity index (χ1v) is 13.1. The van der Waals surface area contributed by atoms with Crippen LogP contribution in [0, 0.1) is 6.92 Å². The molecule has 206 valence electrons. The number of para-hydroxylation sites is 1. The van der Waals surface area contributed by atoms with E-state index in [1.165, 1.54) is 0 Å². The van der Waals surface area contributed by atoms with Gasteiger partial charge in [0, 0.05) is 23.6 Å². The Hall–Kier alpha value is -3.55. The quantitative estimate of drug-likeness (QED) is 0.461. The normalized spacial score (nSPS) is 15.2. The number of hydrogen-bond donors (Lipinski definition) is 3. The van der Waals surface area contributed by atoms with Gasteiger partial charge in [0.2, 0.25) is 11.8 Å². The predicted molar refractivity (Wildman–Crippen MR) is 147 cm³/mol. The van der Waals surface area contributed by atoms with Crippen molar-refractivity contribution in [2.75, 3.05) is 0 Å². The van der Waals surface area contributed by atoms with Gasteiger partial charge in [0.1, 0.15) is 23.4 Å². The van der Waals surface area contributed by atoms with Crippen LogP contribution in [0.4, 0.5) is 4.79 Å². The third kappa shape index (κ3) is 7.97. The molecule has 0 bridgehead atoms. The SMILES string of the molecule is Cc1cccc(C(C(=O)NC(C)(C)C)N(C(=O)C(Cc2ccccc2)NC(=O)OC(C)(C)C)C2CC2)c1O. The summed E-state index contributed by atoms with van der Waals surface area (Å²) >= 11 is 0. The minimum atomic E-state index is -1.08. The summed E-state index contributed by atoms with van der Waals surface area (Å²) in [6.45, 7) is 12.6. The van der Waals surface area contributed by atoms with Crippen LogP contribution in [0.3, 0.4) is 0 Å². The number of aromatic hydroxyl groups is 1. The first kappa shape index (κ1) is 29.0. The van der Waals surface area contributed by atoms with Crippen LogP contribution in [0.1, 0.15) is 77.1 Å². The maximum atomic E-state index is 14.3. The lowest BCUT2D eigenvalue weighted by atomic mass is 9.97. The Bertz CT molecular complexity index is 1150. The molecule has 0 aliphatic heterocycles. The fraction of sp³-hybridized carbons (Fsp3) is 0.500. The smallest absolute Gasteiger partial charge is 0.408 e. The highest BCUT2D eigenvalue weighted by Gasteiger charge is 2.45. The topological polar surface area (TPSA) is 108 Å². The zero-order valence-electron chi connectivity index (χ0n) is 23.5. The number of carbonyl (C=O) groups excluding carboxylic acids is 3. The van der Waals surface area contributed by atoms with E-state index in [0.29, 0.717) is 11.1 Å². The van der Waals surface area contributed by atoms with Crippen molar-refractivity contribution in [3.05, 3.63) is 65.2 Å². The molecule has 0 spiro atoms. The molecule has 2 aromatic rings. The average molecular weight is 524 g/mol. The highest BCUT2D eigenvalue weighted by Crippen LogP contribution is 2.39. The van der Waals surface area contributed by atoms with Gasteiger partial charge in [-0.3, -0.25) is 9.59 Å². The van der Waals surface area contributed by atoms with Crippen molar-refractivity contribution >= 4 is 17.9 Å². The number of benzene rings is 2. The Morgan fingerprint density at radius 3 is 2.18 bits per heavy atom. The second-order valence-electron chi connectivity index (χ2n) is 12.0. The summed E-state index contributed by atoms with van der Waals surface area (Å²) in [5.74, 6) is -0.828. The van der Waals surface area contributed by atoms with Crippen molar-refractivity contribution in [3.63, 3.8) is 0 Å². The lowest BCUT2D eigenvalue weighted by molar-refractivity contribution is -0.143. The molecule has 2 unspecified atom stereocenters. The molecule has 2 aromatic carbocycles. The van der Waals surface area contributed by atoms with Gasteiger partial charge in [-0.15, -0.1) is 0 Å². The molecular formula is C30H41N3O5. The van der Waals surface area contributed by atoms with Crippen LogP contribution < -0.4 is 10.6 Å². The van der Waals surface area contributed by atoms with Crippen molar-refractivity contribution < 1.29 is 24.2 Å². The van der Waals surface area contributed by atoms with Crippen molar-refractivity contribution in [2.45, 2.75) is 97.0 Å². The average Bonchev–Trinajstić information content (AvgIpc) is 3.62. The molecule has 38 heavy (non-hydrogen) atoms. The molecule has 0 aromatic heterocycles. The molecule has 3 amide bonds. The van der Waals surface area contributed by atoms with Gasteiger partial charge in [-0.05, 0) is 72.4 Å². The van der Waals surface area contributed by atoms with Crippen LogP contribution in [0.15, 0.2) is 48.5 Å². The number of alkyl carbamates (subject to hydrolysis) is 1. The number of aryl methyl sites for hydroxylation is 1. The minimum Gasteiger partial charge on any atom is -0.507 e. The van der Waals surface area contributed by atoms with Crippen LogP contribution in [0.5, 0.6) is 5.75 Å². The molecule has 0 saturated heterocycles. The number of rotatable bonds is 8. The van der Waals surface area contributed by atoms with E-state index >= 15 is 0 Å². The van der Waals surface area contributed by atoms with E-state index in [2.05, 4.69) is 10.6 Å². The van der Waals surface area contributed by atoms with E-state index in [9.17, 15) is 19.5 Å². The molecular weight excluding hydrogens is 482 g/mol. The number of phenolic OH excluding ortho intramolecular Hbond substituents is 1. The molecule has 8 heteroatoms. The third-order valence-electron chi connectivity index (χ3n) is 6.05. The molecule has 3 N–H and O–H groups in total. The largest absolute Gasteiger partial charge is 0.507 e. The van der Waals surface area contributed by atoms with Crippen molar-refractivity contribution in [1.29, 1.82) is 0 Å². The Labute approximate surface area is 225 Å². The summed E-state index contributed by atoms with van der Waals surface area (Å²) < 4.78 is 5.47. The summed E-state index contributed by atoms with van der Waals surface area (Å²) in [4.78, 5) is 42.4. The van der Waals surface area contributed by atoms with E-state index in [-0.39, 0.29) is 18.2 Å². The molecule has 8 nitrogen and oxygen atoms in total. The predicted octanol–water partition coefficient (Wildman–Crippen LogP) is 4.78. The lowest BCUT2D eigenvalue weighted by Gasteiger charge is -2.36. The first-order chi connectivity index (χ1) is 17.7. The van der Waals surface area contributed by atoms with Crippen molar-refractivity contribution in [1.82, 2.24) is 15.5 Å². The Balaban J connectivity index is 2.06. The molecule has 1 fully saturated rings. The molecule has 1 saturated carbocycles. The van der Waals surface area contributed by atoms with Gasteiger partial charge in [-0.25, -0.2) is 4.79 Å². The highest BCUT2D eigenvalue weighted by molar-refractivity contribution is 5.93. The standard InChI is InChI=1S/C30H41N3O5/c1-19-12-11-15-22(25(19)34)24(26(35)32-29(2,3)4)33(21-16-17-21)27(36)23(18-20-13-9-8-10-14-20)31-28(37)38-30(5,6)7/h8-15,21,23-24,34H,16-18H2,1-7H3,(H,31,37)(H,32,35). The Kier molecular flexibility index (Phi) is 8.75. The number of hydrogen-bond acceptors (Lipinski definition) is 5. The number of nitrogens with zero attached hydrogens (tertiary/aromatic N) is 1. The molecule has 0 radical (unpaired) electrons. The van der Waals surface area contributed by atoms with Crippen LogP contribution in [0.2, 0.25) is 0 Å². The molecule has 1 aliphatic rings. The summed E-state index contributed by atoms with van der Waals surface area (Å²) in [6, 6.07) is 12.3. The first-order valence-electron chi connectivity index (χ1n) is 13.1. The number of amides is 3. The Morgan fingerprint density at radius 1 is 1.00 bits per heavy atom. The van der Waals surface area contributed by atoms with Gasteiger partial charge in [-0.1, -0.05) is 48.5 Å². The van der Waals surface area contributed by atoms with Gasteiger partial charge in [0.15, 0.2) is 0 Å². The number of carbonyl (C=O) groups is 3. The lowest BCUT2D eigenvalue weighted by Crippen LogP contribution is -2.55. The van der Waals surface area contributed by atoms with Crippen LogP contribution >= 0.6 is 0 Å². The summed E-state index contributed by atoms with van der Waals surface area (Å²) in [7, 11) is 0. The number of phenols is 1. The zero-order valence-corrected chi connectivity index (χ0v) is 23.5. The molecule has 3 rings (SSSR count). The second-order valence-corrected chi connectivity index (χ2v) is 12.0. The Morgan fingerprint density at radius 2 is 1.63 bits per heavy atom. The zero-order chi connectivity index (χ0) is 28.3. The molecule has 1 aliphatic carbocycles. The van der Waals surface area contributed by atoms with Crippen LogP contribution in [-0.4, -0.2) is 51.1 Å². The van der Waals surface area contributed by atoms with Crippen LogP contribution in [-0.2, 0) is 20.7 Å². The molecule has 0 heterocycles. The van der Waals surface area contributed by atoms with Gasteiger partial charge >= 0.3 is 6.09 Å². The maximum absolute atomic E-state index is 14.3. The number of ether oxygens (including phenoxy) is 1. The second kappa shape index (κ2) is 11.5. The van der Waals surface area contributed by atoms with Gasteiger partial charge in [0.05, 0.1) is 0 Å². The monoisotopic (exact) mass is 523 g/mol. The van der Waals surface area contributed by atoms with Gasteiger partial charge < -0.3 is 25.4 Å². The van der Waals surface area contributed by atoms with Crippen molar-refractivity contribution in [2.24, 2.45) is 0 Å². The minimum absolute atomic E-state index is 0.0280. The van der Waals surface area contributed by atoms with E-state index < -0.39 is 41.1 Å². The summed E-state index contributed by atoms with van der Waals surface area (Å²) in [5, 5.41) is 16.7. The molecule has 2 atom stereocenters. The van der Waals surface area contributed by atoms with E-state index in [4.69, 9.17) is 4.74 Å². The summed E-state index contributed by atoms with van der Waals surface area (Å²) in [5.41, 5.74) is 0.496. The fourth-order valence-corrected chi connectivity index (χ4v) is 4.31.